The van der Waals surface area contributed by atoms with Crippen molar-refractivity contribution < 1.29 is 18.0 Å². The standard InChI is InChI=1S/C10H14N2O4S/c1-7(8-2-3-8)12-16-10(13)11-9-4-5-17(14,15)6-9/h4-5,8-9H,2-3,6H2,1H3,(H,11,13)/b12-7+. The molecule has 1 fully saturated rings. The molecule has 7 heteroatoms. The third-order valence-corrected chi connectivity index (χ3v) is 4.07. The average molecular weight is 258 g/mol. The van der Waals surface area contributed by atoms with E-state index in [0.717, 1.165) is 24.0 Å². The van der Waals surface area contributed by atoms with E-state index >= 15 is 0 Å². The molecule has 0 saturated heterocycles. The van der Waals surface area contributed by atoms with Crippen molar-refractivity contribution >= 4 is 21.6 Å². The molecular weight excluding hydrogens is 244 g/mol. The average Bonchev–Trinajstić information content (AvgIpc) is 3.02. The summed E-state index contributed by atoms with van der Waals surface area (Å²) >= 11 is 0. The molecule has 0 radical (unpaired) electrons. The van der Waals surface area contributed by atoms with Crippen molar-refractivity contribution in [3.05, 3.63) is 11.5 Å². The largest absolute Gasteiger partial charge is 0.433 e. The maximum Gasteiger partial charge on any atom is 0.433 e. The number of hydrogen-bond acceptors (Lipinski definition) is 5. The van der Waals surface area contributed by atoms with Gasteiger partial charge in [0.05, 0.1) is 17.5 Å². The highest BCUT2D eigenvalue weighted by Crippen LogP contribution is 2.30. The third kappa shape index (κ3) is 3.55. The molecule has 1 heterocycles. The maximum atomic E-state index is 11.3. The quantitative estimate of drug-likeness (QED) is 0.461. The van der Waals surface area contributed by atoms with Gasteiger partial charge in [0.1, 0.15) is 0 Å². The number of nitrogens with one attached hydrogen (secondary N) is 1. The molecule has 94 valence electrons. The molecule has 2 rings (SSSR count). The first-order chi connectivity index (χ1) is 7.96. The lowest BCUT2D eigenvalue weighted by molar-refractivity contribution is 0.149. The number of carbonyl (C=O) groups is 1. The highest BCUT2D eigenvalue weighted by molar-refractivity contribution is 7.94. The fourth-order valence-corrected chi connectivity index (χ4v) is 2.77. The van der Waals surface area contributed by atoms with E-state index in [-0.39, 0.29) is 5.75 Å². The zero-order valence-corrected chi connectivity index (χ0v) is 10.2. The molecule has 1 unspecified atom stereocenters. The Morgan fingerprint density at radius 3 is 2.71 bits per heavy atom. The first-order valence-electron chi connectivity index (χ1n) is 5.39. The predicted molar refractivity (Wildman–Crippen MR) is 62.2 cm³/mol. The monoisotopic (exact) mass is 258 g/mol. The van der Waals surface area contributed by atoms with Crippen LogP contribution >= 0.6 is 0 Å². The van der Waals surface area contributed by atoms with Crippen molar-refractivity contribution in [3.8, 4) is 0 Å². The molecular formula is C10H14N2O4S. The summed E-state index contributed by atoms with van der Waals surface area (Å²) in [7, 11) is -3.16. The van der Waals surface area contributed by atoms with Gasteiger partial charge in [0, 0.05) is 11.3 Å². The summed E-state index contributed by atoms with van der Waals surface area (Å²) < 4.78 is 22.2. The van der Waals surface area contributed by atoms with Crippen molar-refractivity contribution in [1.82, 2.24) is 5.32 Å². The maximum absolute atomic E-state index is 11.3. The SMILES string of the molecule is C/C(=N\OC(=O)NC1C=CS(=O)(=O)C1)C1CC1. The summed E-state index contributed by atoms with van der Waals surface area (Å²) in [5.74, 6) is 0.322. The van der Waals surface area contributed by atoms with E-state index in [0.29, 0.717) is 5.92 Å². The Balaban J connectivity index is 1.78. The Kier molecular flexibility index (Phi) is 3.19. The Morgan fingerprint density at radius 2 is 2.18 bits per heavy atom. The molecule has 1 amide bonds. The first kappa shape index (κ1) is 12.1. The van der Waals surface area contributed by atoms with Crippen LogP contribution in [0.25, 0.3) is 0 Å². The zero-order chi connectivity index (χ0) is 12.5. The summed E-state index contributed by atoms with van der Waals surface area (Å²) in [6.45, 7) is 1.81. The van der Waals surface area contributed by atoms with E-state index in [9.17, 15) is 13.2 Å². The second-order valence-electron chi connectivity index (χ2n) is 4.29. The minimum Gasteiger partial charge on any atom is -0.312 e. The molecule has 1 atom stereocenters. The van der Waals surface area contributed by atoms with Gasteiger partial charge in [-0.1, -0.05) is 5.16 Å². The van der Waals surface area contributed by atoms with Gasteiger partial charge in [0.15, 0.2) is 9.84 Å². The Labute approximate surface area is 99.6 Å². The van der Waals surface area contributed by atoms with Gasteiger partial charge in [-0.3, -0.25) is 4.84 Å². The number of nitrogens with zero attached hydrogens (tertiary/aromatic N) is 1. The van der Waals surface area contributed by atoms with Crippen LogP contribution < -0.4 is 5.32 Å². The van der Waals surface area contributed by atoms with Gasteiger partial charge >= 0.3 is 6.09 Å². The van der Waals surface area contributed by atoms with Crippen molar-refractivity contribution in [3.63, 3.8) is 0 Å². The molecule has 0 aromatic heterocycles. The van der Waals surface area contributed by atoms with Gasteiger partial charge < -0.3 is 5.32 Å². The number of amides is 1. The van der Waals surface area contributed by atoms with Crippen LogP contribution in [0.3, 0.4) is 0 Å². The molecule has 1 aliphatic carbocycles. The minimum atomic E-state index is -3.16. The molecule has 0 bridgehead atoms. The second kappa shape index (κ2) is 4.48. The fraction of sp³-hybridized carbons (Fsp3) is 0.600. The van der Waals surface area contributed by atoms with Crippen LogP contribution in [0.15, 0.2) is 16.6 Å². The topological polar surface area (TPSA) is 84.8 Å². The lowest BCUT2D eigenvalue weighted by atomic mass is 10.3. The second-order valence-corrected chi connectivity index (χ2v) is 6.23. The van der Waals surface area contributed by atoms with Gasteiger partial charge in [-0.25, -0.2) is 13.2 Å². The lowest BCUT2D eigenvalue weighted by Crippen LogP contribution is -2.35. The molecule has 17 heavy (non-hydrogen) atoms. The van der Waals surface area contributed by atoms with E-state index in [1.165, 1.54) is 6.08 Å². The number of hydrogen-bond donors (Lipinski definition) is 1. The smallest absolute Gasteiger partial charge is 0.312 e. The molecule has 1 aliphatic heterocycles. The van der Waals surface area contributed by atoms with Crippen molar-refractivity contribution in [1.29, 1.82) is 0 Å². The van der Waals surface area contributed by atoms with Crippen molar-refractivity contribution in [2.24, 2.45) is 11.1 Å². The molecule has 6 nitrogen and oxygen atoms in total. The number of sulfone groups is 1. The Hall–Kier alpha value is -1.37. The molecule has 0 aromatic rings. The third-order valence-electron chi connectivity index (χ3n) is 2.67. The highest BCUT2D eigenvalue weighted by atomic mass is 32.2. The van der Waals surface area contributed by atoms with Crippen LogP contribution in [0, 0.1) is 5.92 Å². The van der Waals surface area contributed by atoms with Crippen LogP contribution in [-0.4, -0.2) is 32.0 Å². The predicted octanol–water partition coefficient (Wildman–Crippen LogP) is 0.809. The Bertz CT molecular complexity index is 477. The van der Waals surface area contributed by atoms with E-state index in [1.54, 1.807) is 0 Å². The van der Waals surface area contributed by atoms with Crippen LogP contribution in [-0.2, 0) is 14.7 Å². The fourth-order valence-electron chi connectivity index (χ4n) is 1.53. The van der Waals surface area contributed by atoms with Crippen LogP contribution in [0.4, 0.5) is 4.79 Å². The minimum absolute atomic E-state index is 0.118. The van der Waals surface area contributed by atoms with E-state index < -0.39 is 22.0 Å². The molecule has 1 N–H and O–H groups in total. The highest BCUT2D eigenvalue weighted by Gasteiger charge is 2.26. The summed E-state index contributed by atoms with van der Waals surface area (Å²) in [4.78, 5) is 15.9. The number of oxime groups is 1. The number of carbonyl (C=O) groups excluding carboxylic acids is 1. The van der Waals surface area contributed by atoms with Gasteiger partial charge in [0.25, 0.3) is 0 Å². The first-order valence-corrected chi connectivity index (χ1v) is 7.11. The molecule has 0 aromatic carbocycles. The van der Waals surface area contributed by atoms with Crippen LogP contribution in [0.1, 0.15) is 19.8 Å². The zero-order valence-electron chi connectivity index (χ0n) is 9.42. The van der Waals surface area contributed by atoms with Crippen molar-refractivity contribution in [2.45, 2.75) is 25.8 Å². The van der Waals surface area contributed by atoms with E-state index in [1.807, 2.05) is 6.92 Å². The van der Waals surface area contributed by atoms with E-state index in [4.69, 9.17) is 0 Å². The van der Waals surface area contributed by atoms with Crippen molar-refractivity contribution in [2.75, 3.05) is 5.75 Å². The van der Waals surface area contributed by atoms with Crippen LogP contribution in [0.5, 0.6) is 0 Å². The van der Waals surface area contributed by atoms with Crippen LogP contribution in [0.2, 0.25) is 0 Å². The summed E-state index contributed by atoms with van der Waals surface area (Å²) in [6, 6.07) is -0.524. The number of rotatable bonds is 3. The van der Waals surface area contributed by atoms with Gasteiger partial charge in [0.2, 0.25) is 0 Å². The van der Waals surface area contributed by atoms with E-state index in [2.05, 4.69) is 15.3 Å². The van der Waals surface area contributed by atoms with Gasteiger partial charge in [-0.15, -0.1) is 0 Å². The Morgan fingerprint density at radius 1 is 1.47 bits per heavy atom. The lowest BCUT2D eigenvalue weighted by Gasteiger charge is -2.07. The summed E-state index contributed by atoms with van der Waals surface area (Å²) in [5, 5.41) is 7.20. The molecule has 2 aliphatic rings. The normalized spacial score (nSPS) is 26.9. The summed E-state index contributed by atoms with van der Waals surface area (Å²) in [6.07, 6.45) is 2.87. The summed E-state index contributed by atoms with van der Waals surface area (Å²) in [5.41, 5.74) is 0.801. The molecule has 1 saturated carbocycles. The van der Waals surface area contributed by atoms with Gasteiger partial charge in [-0.05, 0) is 25.8 Å². The van der Waals surface area contributed by atoms with Gasteiger partial charge in [-0.2, -0.15) is 0 Å². The molecule has 0 spiro atoms.